The van der Waals surface area contributed by atoms with Crippen LogP contribution in [0.3, 0.4) is 0 Å². The summed E-state index contributed by atoms with van der Waals surface area (Å²) in [4.78, 5) is 0. The molecule has 1 aliphatic carbocycles. The number of para-hydroxylation sites is 2. The van der Waals surface area contributed by atoms with Crippen molar-refractivity contribution in [2.45, 2.75) is 12.3 Å². The Morgan fingerprint density at radius 3 is 1.85 bits per heavy atom. The average molecular weight is 431 g/mol. The smallest absolute Gasteiger partial charge is 0.328 e. The molecule has 1 aliphatic heterocycles. The number of rotatable bonds is 1. The molecule has 0 radical (unpaired) electrons. The predicted octanol–water partition coefficient (Wildman–Crippen LogP) is 6.10. The first-order valence-electron chi connectivity index (χ1n) is 12.1. The number of hydrogen-bond acceptors (Lipinski definition) is 0. The number of fused-ring (bicyclic) bond motifs is 8. The zero-order valence-electron chi connectivity index (χ0n) is 19.0. The maximum absolute atomic E-state index is 2.58. The molecule has 158 valence electrons. The Bertz CT molecular complexity index is 1740. The van der Waals surface area contributed by atoms with Gasteiger partial charge in [-0.3, -0.25) is 0 Å². The van der Waals surface area contributed by atoms with Crippen molar-refractivity contribution < 1.29 is 0 Å². The van der Waals surface area contributed by atoms with Gasteiger partial charge in [0.15, 0.2) is 0 Å². The van der Waals surface area contributed by atoms with Crippen LogP contribution in [0.1, 0.15) is 23.6 Å². The second-order valence-electron chi connectivity index (χ2n) is 9.83. The summed E-state index contributed by atoms with van der Waals surface area (Å²) in [6.45, 7) is 2.56. The van der Waals surface area contributed by atoms with Crippen LogP contribution in [0.5, 0.6) is 0 Å². The highest BCUT2D eigenvalue weighted by Gasteiger charge is 2.49. The van der Waals surface area contributed by atoms with Crippen LogP contribution in [-0.4, -0.2) is 11.3 Å². The quantitative estimate of drug-likeness (QED) is 0.278. The van der Waals surface area contributed by atoms with Gasteiger partial charge in [0.05, 0.1) is 0 Å². The van der Waals surface area contributed by atoms with Gasteiger partial charge in [0.1, 0.15) is 0 Å². The Labute approximate surface area is 199 Å². The lowest BCUT2D eigenvalue weighted by molar-refractivity contribution is 0.718. The first kappa shape index (κ1) is 18.4. The van der Waals surface area contributed by atoms with Crippen molar-refractivity contribution in [3.05, 3.63) is 132 Å². The fourth-order valence-corrected chi connectivity index (χ4v) is 7.02. The van der Waals surface area contributed by atoms with E-state index in [1.807, 2.05) is 0 Å². The Hall–Kier alpha value is -4.04. The highest BCUT2D eigenvalue weighted by molar-refractivity contribution is 6.86. The molecule has 34 heavy (non-hydrogen) atoms. The molecule has 6 aromatic rings. The third-order valence-electron chi connectivity index (χ3n) is 8.32. The van der Waals surface area contributed by atoms with Gasteiger partial charge in [-0.25, -0.2) is 0 Å². The summed E-state index contributed by atoms with van der Waals surface area (Å²) in [7, 11) is 0. The number of benzene rings is 5. The maximum atomic E-state index is 2.58. The molecule has 1 unspecified atom stereocenters. The standard InChI is InChI=1S/C32H22BN/c1-32-25-15-5-2-11-21(25)24-14-10-18-28(31(24)32)33(27-17-7-6-16-26(27)32)34-29-19-8-3-12-22(29)23-13-4-9-20-30(23)34/h2-20H,1H3. The van der Waals surface area contributed by atoms with Gasteiger partial charge in [-0.15, -0.1) is 0 Å². The van der Waals surface area contributed by atoms with Gasteiger partial charge in [-0.05, 0) is 57.8 Å². The van der Waals surface area contributed by atoms with Crippen LogP contribution >= 0.6 is 0 Å². The third-order valence-corrected chi connectivity index (χ3v) is 8.32. The fourth-order valence-electron chi connectivity index (χ4n) is 7.02. The molecule has 0 fully saturated rings. The minimum atomic E-state index is -0.144. The van der Waals surface area contributed by atoms with Crippen LogP contribution in [-0.2, 0) is 5.41 Å². The van der Waals surface area contributed by atoms with Crippen molar-refractivity contribution in [1.82, 2.24) is 4.48 Å². The normalized spacial score (nSPS) is 17.6. The van der Waals surface area contributed by atoms with E-state index in [4.69, 9.17) is 0 Å². The van der Waals surface area contributed by atoms with Crippen LogP contribution in [0, 0.1) is 0 Å². The minimum absolute atomic E-state index is 0.123. The van der Waals surface area contributed by atoms with Gasteiger partial charge >= 0.3 is 6.85 Å². The SMILES string of the molecule is CC12c3ccccc3B(n3c4ccccc4c4ccccc43)c3cccc(c31)-c1ccccc12. The largest absolute Gasteiger partial charge is 0.376 e. The highest BCUT2D eigenvalue weighted by atomic mass is 14.9. The second kappa shape index (κ2) is 6.30. The second-order valence-corrected chi connectivity index (χ2v) is 9.83. The third kappa shape index (κ3) is 2.03. The summed E-state index contributed by atoms with van der Waals surface area (Å²) >= 11 is 0. The Morgan fingerprint density at radius 2 is 1.09 bits per heavy atom. The molecule has 5 aromatic carbocycles. The lowest BCUT2D eigenvalue weighted by Gasteiger charge is -2.39. The van der Waals surface area contributed by atoms with E-state index < -0.39 is 0 Å². The minimum Gasteiger partial charge on any atom is -0.376 e. The Morgan fingerprint density at radius 1 is 0.529 bits per heavy atom. The van der Waals surface area contributed by atoms with E-state index in [2.05, 4.69) is 127 Å². The molecule has 1 nitrogen and oxygen atoms in total. The molecule has 0 saturated carbocycles. The molecular formula is C32H22BN. The van der Waals surface area contributed by atoms with Gasteiger partial charge in [0.25, 0.3) is 0 Å². The molecule has 2 heteroatoms. The highest BCUT2D eigenvalue weighted by Crippen LogP contribution is 2.52. The Balaban J connectivity index is 1.57. The van der Waals surface area contributed by atoms with E-state index in [0.29, 0.717) is 0 Å². The van der Waals surface area contributed by atoms with Gasteiger partial charge < -0.3 is 4.48 Å². The molecule has 0 amide bonds. The summed E-state index contributed by atoms with van der Waals surface area (Å²) in [5, 5.41) is 2.64. The van der Waals surface area contributed by atoms with Crippen LogP contribution in [0.25, 0.3) is 32.9 Å². The molecule has 0 bridgehead atoms. The van der Waals surface area contributed by atoms with Crippen LogP contribution in [0.4, 0.5) is 0 Å². The van der Waals surface area contributed by atoms with E-state index in [1.165, 1.54) is 60.5 Å². The van der Waals surface area contributed by atoms with Gasteiger partial charge in [0.2, 0.25) is 0 Å². The van der Waals surface area contributed by atoms with Crippen molar-refractivity contribution in [2.24, 2.45) is 0 Å². The summed E-state index contributed by atoms with van der Waals surface area (Å²) in [5.74, 6) is 0. The maximum Gasteiger partial charge on any atom is 0.328 e. The van der Waals surface area contributed by atoms with Crippen LogP contribution < -0.4 is 10.9 Å². The van der Waals surface area contributed by atoms with Gasteiger partial charge in [-0.2, -0.15) is 0 Å². The lowest BCUT2D eigenvalue weighted by Crippen LogP contribution is -2.58. The van der Waals surface area contributed by atoms with Crippen molar-refractivity contribution in [3.8, 4) is 11.1 Å². The number of hydrogen-bond donors (Lipinski definition) is 0. The van der Waals surface area contributed by atoms with Crippen molar-refractivity contribution in [2.75, 3.05) is 0 Å². The van der Waals surface area contributed by atoms with Crippen LogP contribution in [0.2, 0.25) is 0 Å². The first-order valence-corrected chi connectivity index (χ1v) is 12.1. The molecule has 8 rings (SSSR count). The van der Waals surface area contributed by atoms with Gasteiger partial charge in [-0.1, -0.05) is 103 Å². The number of aromatic nitrogens is 1. The summed E-state index contributed by atoms with van der Waals surface area (Å²) in [6.07, 6.45) is 0. The average Bonchev–Trinajstić information content (AvgIpc) is 3.37. The number of nitrogens with zero attached hydrogens (tertiary/aromatic N) is 1. The zero-order chi connectivity index (χ0) is 22.4. The molecule has 0 N–H and O–H groups in total. The van der Waals surface area contributed by atoms with Crippen LogP contribution in [0.15, 0.2) is 115 Å². The lowest BCUT2D eigenvalue weighted by atomic mass is 9.41. The monoisotopic (exact) mass is 431 g/mol. The Kier molecular flexibility index (Phi) is 3.41. The fraction of sp³-hybridized carbons (Fsp3) is 0.0625. The molecule has 0 saturated heterocycles. The van der Waals surface area contributed by atoms with Crippen molar-refractivity contribution in [1.29, 1.82) is 0 Å². The van der Waals surface area contributed by atoms with Crippen molar-refractivity contribution in [3.63, 3.8) is 0 Å². The topological polar surface area (TPSA) is 4.93 Å². The summed E-state index contributed by atoms with van der Waals surface area (Å²) in [5.41, 5.74) is 12.3. The molecule has 1 atom stereocenters. The molecular weight excluding hydrogens is 409 g/mol. The molecule has 2 aliphatic rings. The van der Waals surface area contributed by atoms with E-state index in [-0.39, 0.29) is 12.3 Å². The van der Waals surface area contributed by atoms with E-state index >= 15 is 0 Å². The first-order chi connectivity index (χ1) is 16.8. The molecule has 2 heterocycles. The zero-order valence-corrected chi connectivity index (χ0v) is 19.0. The van der Waals surface area contributed by atoms with Gasteiger partial charge in [0, 0.05) is 27.2 Å². The molecule has 0 spiro atoms. The van der Waals surface area contributed by atoms with Crippen molar-refractivity contribution >= 4 is 39.6 Å². The molecule has 1 aromatic heterocycles. The van der Waals surface area contributed by atoms with E-state index in [9.17, 15) is 0 Å². The summed E-state index contributed by atoms with van der Waals surface area (Å²) < 4.78 is 2.58. The predicted molar refractivity (Wildman–Crippen MR) is 144 cm³/mol. The summed E-state index contributed by atoms with van der Waals surface area (Å²) in [6, 6.07) is 42.8. The van der Waals surface area contributed by atoms with E-state index in [0.717, 1.165) is 0 Å². The van der Waals surface area contributed by atoms with E-state index in [1.54, 1.807) is 0 Å².